The molecule has 12 nitrogen and oxygen atoms in total. The molecule has 0 radical (unpaired) electrons. The Bertz CT molecular complexity index is 1540. The molecular weight excluding hydrogens is 606 g/mol. The predicted molar refractivity (Wildman–Crippen MR) is 190 cm³/mol. The van der Waals surface area contributed by atoms with Crippen molar-refractivity contribution in [2.75, 3.05) is 34.7 Å². The van der Waals surface area contributed by atoms with E-state index in [4.69, 9.17) is 16.8 Å². The van der Waals surface area contributed by atoms with Crippen LogP contribution in [0.3, 0.4) is 0 Å². The number of carbonyl (C=O) groups excluding carboxylic acids is 3. The molecule has 260 valence electrons. The van der Waals surface area contributed by atoms with Crippen LogP contribution in [0, 0.1) is 23.2 Å². The number of benzene rings is 1. The van der Waals surface area contributed by atoms with Gasteiger partial charge in [-0.05, 0) is 85.6 Å². The van der Waals surface area contributed by atoms with Gasteiger partial charge in [0, 0.05) is 51.4 Å². The Balaban J connectivity index is 0.000000402. The van der Waals surface area contributed by atoms with E-state index < -0.39 is 5.41 Å². The number of hydrogen-bond donors (Lipinski definition) is 4. The Hall–Kier alpha value is -4.47. The number of nitrogens with two attached hydrogens (primary N) is 2. The maximum Gasteiger partial charge on any atom is 0.253 e. The third-order valence-electron chi connectivity index (χ3n) is 9.71. The van der Waals surface area contributed by atoms with Crippen molar-refractivity contribution in [3.63, 3.8) is 0 Å². The van der Waals surface area contributed by atoms with E-state index in [1.807, 2.05) is 36.4 Å². The number of rotatable bonds is 12. The molecule has 1 aromatic rings. The zero-order chi connectivity index (χ0) is 35.9. The van der Waals surface area contributed by atoms with Crippen LogP contribution in [0.2, 0.25) is 0 Å². The van der Waals surface area contributed by atoms with Gasteiger partial charge in [0.2, 0.25) is 6.41 Å². The number of hydrazone groups is 1. The lowest BCUT2D eigenvalue weighted by Gasteiger charge is -2.36. The summed E-state index contributed by atoms with van der Waals surface area (Å²) in [5.41, 5.74) is 13.2. The van der Waals surface area contributed by atoms with Gasteiger partial charge in [0.1, 0.15) is 11.9 Å². The molecule has 12 heteroatoms. The Morgan fingerprint density at radius 3 is 2.35 bits per heavy atom. The normalized spacial score (nSPS) is 23.6. The largest absolute Gasteiger partial charge is 0.385 e. The highest BCUT2D eigenvalue weighted by Gasteiger charge is 2.50. The number of fused-ring (bicyclic) bond motifs is 2. The van der Waals surface area contributed by atoms with Gasteiger partial charge in [-0.2, -0.15) is 10.4 Å². The highest BCUT2D eigenvalue weighted by molar-refractivity contribution is 6.08. The lowest BCUT2D eigenvalue weighted by atomic mass is 9.70. The monoisotopic (exact) mass is 659 g/mol. The number of nitrogens with zero attached hydrogens (tertiary/aromatic N) is 5. The minimum Gasteiger partial charge on any atom is -0.385 e. The molecule has 1 saturated carbocycles. The van der Waals surface area contributed by atoms with Crippen molar-refractivity contribution in [1.29, 1.82) is 5.26 Å². The molecule has 48 heavy (non-hydrogen) atoms. The van der Waals surface area contributed by atoms with E-state index in [0.717, 1.165) is 41.6 Å². The molecule has 1 fully saturated rings. The van der Waals surface area contributed by atoms with Crippen molar-refractivity contribution in [2.45, 2.75) is 77.4 Å². The van der Waals surface area contributed by atoms with Gasteiger partial charge in [0.05, 0.1) is 11.5 Å². The number of carbonyl (C=O) groups is 3. The number of amidine groups is 1. The van der Waals surface area contributed by atoms with Gasteiger partial charge >= 0.3 is 0 Å². The maximum absolute atomic E-state index is 12.9. The first kappa shape index (κ1) is 38.0. The molecule has 3 aliphatic carbocycles. The van der Waals surface area contributed by atoms with E-state index in [2.05, 4.69) is 49.7 Å². The summed E-state index contributed by atoms with van der Waals surface area (Å²) in [6.45, 7) is 11.0. The van der Waals surface area contributed by atoms with E-state index in [-0.39, 0.29) is 23.9 Å². The van der Waals surface area contributed by atoms with Gasteiger partial charge < -0.3 is 25.8 Å². The van der Waals surface area contributed by atoms with Crippen LogP contribution >= 0.6 is 0 Å². The lowest BCUT2D eigenvalue weighted by Crippen LogP contribution is -2.47. The third-order valence-corrected chi connectivity index (χ3v) is 9.71. The molecule has 1 aromatic carbocycles. The van der Waals surface area contributed by atoms with Crippen LogP contribution in [0.5, 0.6) is 0 Å². The summed E-state index contributed by atoms with van der Waals surface area (Å²) < 4.78 is 0. The first-order valence-electron chi connectivity index (χ1n) is 16.6. The lowest BCUT2D eigenvalue weighted by molar-refractivity contribution is -0.124. The first-order valence-corrected chi connectivity index (χ1v) is 16.6. The Labute approximate surface area is 285 Å². The van der Waals surface area contributed by atoms with Gasteiger partial charge in [-0.1, -0.05) is 45.4 Å². The summed E-state index contributed by atoms with van der Waals surface area (Å²) in [7, 11) is 6.91. The molecule has 0 aromatic heterocycles. The second-order valence-electron chi connectivity index (χ2n) is 13.2. The molecule has 0 spiro atoms. The quantitative estimate of drug-likeness (QED) is 0.0872. The fraction of sp³-hybridized carbons (Fsp3) is 0.528. The van der Waals surface area contributed by atoms with Crippen LogP contribution in [0.4, 0.5) is 0 Å². The van der Waals surface area contributed by atoms with Crippen molar-refractivity contribution in [2.24, 2.45) is 28.5 Å². The smallest absolute Gasteiger partial charge is 0.253 e. The van der Waals surface area contributed by atoms with Crippen LogP contribution in [-0.2, 0) is 15.0 Å². The number of nitrogens with one attached hydrogen (secondary N) is 2. The van der Waals surface area contributed by atoms with E-state index in [1.54, 1.807) is 49.8 Å². The average molecular weight is 660 g/mol. The van der Waals surface area contributed by atoms with Crippen LogP contribution in [0.1, 0.15) is 75.4 Å². The fourth-order valence-corrected chi connectivity index (χ4v) is 7.22. The molecule has 3 aliphatic rings. The van der Waals surface area contributed by atoms with E-state index in [0.29, 0.717) is 47.7 Å². The summed E-state index contributed by atoms with van der Waals surface area (Å²) >= 11 is 0. The third kappa shape index (κ3) is 7.48. The minimum absolute atomic E-state index is 0.0964. The van der Waals surface area contributed by atoms with Crippen LogP contribution in [-0.4, -0.2) is 91.6 Å². The van der Waals surface area contributed by atoms with Crippen molar-refractivity contribution in [3.8, 4) is 6.07 Å². The molecular formula is C36H53N9O3. The molecule has 6 N–H and O–H groups in total. The van der Waals surface area contributed by atoms with Crippen molar-refractivity contribution in [3.05, 3.63) is 64.3 Å². The molecule has 3 amide bonds. The molecule has 3 unspecified atom stereocenters. The van der Waals surface area contributed by atoms with E-state index in [9.17, 15) is 14.4 Å². The van der Waals surface area contributed by atoms with Crippen molar-refractivity contribution >= 4 is 29.6 Å². The summed E-state index contributed by atoms with van der Waals surface area (Å²) in [5.74, 6) is 6.89. The van der Waals surface area contributed by atoms with Crippen LogP contribution in [0.25, 0.3) is 5.57 Å². The molecule has 0 saturated heterocycles. The Kier molecular flexibility index (Phi) is 12.7. The highest BCUT2D eigenvalue weighted by Crippen LogP contribution is 2.52. The number of amides is 3. The number of hydrazine groups is 1. The molecule has 0 bridgehead atoms. The van der Waals surface area contributed by atoms with Crippen molar-refractivity contribution < 1.29 is 14.4 Å². The zero-order valence-electron chi connectivity index (χ0n) is 29.9. The number of allylic oxidation sites excluding steroid dienone is 3. The van der Waals surface area contributed by atoms with Crippen molar-refractivity contribution in [1.82, 2.24) is 25.6 Å². The second kappa shape index (κ2) is 16.1. The molecule has 0 heterocycles. The standard InChI is InChI=1S/C26H37N7O2.C10H16N2O/c1-7-29-16(2)15-26(25(27)30-31-28)21-10-8-9-17(23(34)32(3)4)13-19(21)20-14-18(11-12-22(20)26)24(35)33(5)6;1-4-9-8(3)10(9)12(6-13)7(2)5-11/h8-9,11-14,16,29,31H,7,10,15,28H2,1-6H3,(H2,27,30);6-10H,4H2,1-3H3/t16-,26?;7-,8-,9?,10?/m10/s1. The van der Waals surface area contributed by atoms with E-state index >= 15 is 0 Å². The topological polar surface area (TPSA) is 173 Å². The first-order chi connectivity index (χ1) is 22.7. The average Bonchev–Trinajstić information content (AvgIpc) is 3.71. The number of nitriles is 1. The van der Waals surface area contributed by atoms with Gasteiger partial charge in [-0.3, -0.25) is 14.4 Å². The van der Waals surface area contributed by atoms with Crippen LogP contribution in [0.15, 0.2) is 52.7 Å². The maximum atomic E-state index is 12.9. The summed E-state index contributed by atoms with van der Waals surface area (Å²) in [4.78, 5) is 41.3. The van der Waals surface area contributed by atoms with Gasteiger partial charge in [0.25, 0.3) is 11.8 Å². The van der Waals surface area contributed by atoms with Gasteiger partial charge in [-0.15, -0.1) is 0 Å². The molecule has 4 rings (SSSR count). The summed E-state index contributed by atoms with van der Waals surface area (Å²) in [6, 6.07) is 7.90. The number of likely N-dealkylation sites (N-methyl/N-ethyl adjacent to an activating group) is 1. The minimum atomic E-state index is -0.768. The van der Waals surface area contributed by atoms with E-state index in [1.165, 1.54) is 0 Å². The fourth-order valence-electron chi connectivity index (χ4n) is 7.22. The summed E-state index contributed by atoms with van der Waals surface area (Å²) in [6.07, 6.45) is 8.85. The van der Waals surface area contributed by atoms with Gasteiger partial charge in [0.15, 0.2) is 0 Å². The molecule has 6 atom stereocenters. The Morgan fingerprint density at radius 2 is 1.83 bits per heavy atom. The van der Waals surface area contributed by atoms with Gasteiger partial charge in [-0.25, -0.2) is 11.4 Å². The highest BCUT2D eigenvalue weighted by atomic mass is 16.2. The Morgan fingerprint density at radius 1 is 1.17 bits per heavy atom. The number of hydrogen-bond acceptors (Lipinski definition) is 8. The second-order valence-corrected chi connectivity index (χ2v) is 13.2. The molecule has 0 aliphatic heterocycles. The SMILES string of the molecule is CCC1C(N(C=O)[C@@H](C)C#N)[C@H]1C.CCN[C@H](C)CC1(/C(N)=N/NN)C2=C(C=C(C(=O)N(C)C)C=CC2)c2cc(C(=O)N(C)C)ccc21. The van der Waals surface area contributed by atoms with Crippen LogP contribution < -0.4 is 22.4 Å². The predicted octanol–water partition coefficient (Wildman–Crippen LogP) is 2.89. The zero-order valence-corrected chi connectivity index (χ0v) is 29.9. The summed E-state index contributed by atoms with van der Waals surface area (Å²) in [5, 5.41) is 16.4.